The monoisotopic (exact) mass is 1100 g/mol. The molecule has 4 aromatic carbocycles. The maximum atomic E-state index is 9.33. The Kier molecular flexibility index (Phi) is 27.3. The summed E-state index contributed by atoms with van der Waals surface area (Å²) in [6.45, 7) is 4.38. The fourth-order valence-electron chi connectivity index (χ4n) is 7.55. The van der Waals surface area contributed by atoms with E-state index in [1.54, 1.807) is 23.6 Å². The molecule has 0 aliphatic rings. The summed E-state index contributed by atoms with van der Waals surface area (Å²) in [6.07, 6.45) is 7.25. The largest absolute Gasteiger partial charge is 0.497 e. The predicted molar refractivity (Wildman–Crippen MR) is 306 cm³/mol. The van der Waals surface area contributed by atoms with E-state index in [0.717, 1.165) is 101 Å². The van der Waals surface area contributed by atoms with Crippen molar-refractivity contribution >= 4 is 98.2 Å². The van der Waals surface area contributed by atoms with E-state index in [1.807, 2.05) is 103 Å². The van der Waals surface area contributed by atoms with Crippen LogP contribution in [0.25, 0.3) is 67.3 Å². The summed E-state index contributed by atoms with van der Waals surface area (Å²) in [5.74, 6) is 1.54. The lowest BCUT2D eigenvalue weighted by molar-refractivity contribution is 0.414. The second-order valence-corrected chi connectivity index (χ2v) is 15.7. The van der Waals surface area contributed by atoms with Crippen LogP contribution in [0.2, 0.25) is 0 Å². The molecule has 4 heterocycles. The molecule has 4 aromatic heterocycles. The molecule has 0 N–H and O–H groups in total. The van der Waals surface area contributed by atoms with Crippen LogP contribution in [-0.2, 0) is 13.1 Å². The van der Waals surface area contributed by atoms with Crippen LogP contribution in [0.4, 0.5) is 11.4 Å². The number of ether oxygens (including phenoxy) is 2. The topological polar surface area (TPSA) is 134 Å². The zero-order valence-electron chi connectivity index (χ0n) is 40.3. The molecule has 0 spiro atoms. The van der Waals surface area contributed by atoms with Crippen molar-refractivity contribution in [3.8, 4) is 90.9 Å². The molecule has 0 radical (unpaired) electrons. The van der Waals surface area contributed by atoms with Crippen LogP contribution >= 0.6 is 86.8 Å². The van der Waals surface area contributed by atoms with Gasteiger partial charge in [-0.15, -0.1) is 86.8 Å². The molecule has 19 heteroatoms. The predicted octanol–water partition coefficient (Wildman–Crippen LogP) is 13.3. The first-order chi connectivity index (χ1) is 31.0. The molecule has 71 heavy (non-hydrogen) atoms. The lowest BCUT2D eigenvalue weighted by atomic mass is 9.99. The molecule has 0 aliphatic carbocycles. The quantitative estimate of drug-likeness (QED) is 0.116. The molecule has 8 aromatic rings. The van der Waals surface area contributed by atoms with Crippen molar-refractivity contribution in [3.05, 3.63) is 145 Å². The normalized spacial score (nSPS) is 9.55. The highest BCUT2D eigenvalue weighted by atomic mass is 35.5. The van der Waals surface area contributed by atoms with Crippen LogP contribution in [-0.4, -0.2) is 71.9 Å². The molecule has 0 unspecified atom stereocenters. The van der Waals surface area contributed by atoms with Gasteiger partial charge in [0.25, 0.3) is 0 Å². The standard InChI is InChI=1S/2C26H25N5O.7ClH/c2*1-18-13-21(15-23(14-18)32-4)26-24(17-29-31(26)12-10-27)20-9-11-28-25(16-20)19-5-7-22(8-6-19)30(2)3;;;;;;;/h2*5-9,11,13-17H,12H2,1-4H3;7*1H. The zero-order chi connectivity index (χ0) is 45.3. The Morgan fingerprint density at radius 3 is 1.13 bits per heavy atom. The minimum atomic E-state index is 0. The highest BCUT2D eigenvalue weighted by Gasteiger charge is 2.19. The van der Waals surface area contributed by atoms with Gasteiger partial charge in [0.15, 0.2) is 0 Å². The second-order valence-electron chi connectivity index (χ2n) is 15.7. The molecule has 8 rings (SSSR count). The zero-order valence-corrected chi connectivity index (χ0v) is 46.0. The van der Waals surface area contributed by atoms with Crippen molar-refractivity contribution in [2.75, 3.05) is 52.2 Å². The Balaban J connectivity index is 0.00000126. The van der Waals surface area contributed by atoms with Crippen molar-refractivity contribution in [2.45, 2.75) is 26.9 Å². The summed E-state index contributed by atoms with van der Waals surface area (Å²) < 4.78 is 14.4. The van der Waals surface area contributed by atoms with E-state index in [9.17, 15) is 10.5 Å². The molecule has 12 nitrogen and oxygen atoms in total. The number of rotatable bonds is 12. The summed E-state index contributed by atoms with van der Waals surface area (Å²) >= 11 is 0. The van der Waals surface area contributed by atoms with Crippen molar-refractivity contribution < 1.29 is 9.47 Å². The highest BCUT2D eigenvalue weighted by molar-refractivity contribution is 5.87. The minimum Gasteiger partial charge on any atom is -0.497 e. The van der Waals surface area contributed by atoms with Crippen LogP contribution in [0.5, 0.6) is 11.5 Å². The maximum Gasteiger partial charge on any atom is 0.128 e. The third-order valence-electron chi connectivity index (χ3n) is 10.7. The van der Waals surface area contributed by atoms with Crippen molar-refractivity contribution in [3.63, 3.8) is 0 Å². The Morgan fingerprint density at radius 2 is 0.817 bits per heavy atom. The smallest absolute Gasteiger partial charge is 0.128 e. The maximum absolute atomic E-state index is 9.33. The molecule has 0 saturated carbocycles. The molecule has 0 saturated heterocycles. The van der Waals surface area contributed by atoms with Crippen LogP contribution in [0, 0.1) is 36.5 Å². The molecule has 0 bridgehead atoms. The van der Waals surface area contributed by atoms with Gasteiger partial charge in [0.2, 0.25) is 0 Å². The Morgan fingerprint density at radius 1 is 0.465 bits per heavy atom. The van der Waals surface area contributed by atoms with Gasteiger partial charge in [-0.2, -0.15) is 20.7 Å². The van der Waals surface area contributed by atoms with Gasteiger partial charge in [-0.05, 0) is 121 Å². The van der Waals surface area contributed by atoms with Gasteiger partial charge in [0, 0.05) is 85.3 Å². The average Bonchev–Trinajstić information content (AvgIpc) is 3.94. The Hall–Kier alpha value is -6.19. The number of halogens is 7. The van der Waals surface area contributed by atoms with Gasteiger partial charge in [-0.1, -0.05) is 24.3 Å². The number of benzene rings is 4. The van der Waals surface area contributed by atoms with Crippen LogP contribution in [0.1, 0.15) is 11.1 Å². The molecular formula is C52H57Cl7N10O2. The van der Waals surface area contributed by atoms with Gasteiger partial charge < -0.3 is 19.3 Å². The Labute approximate surface area is 459 Å². The summed E-state index contributed by atoms with van der Waals surface area (Å²) in [5, 5.41) is 27.7. The van der Waals surface area contributed by atoms with E-state index in [4.69, 9.17) is 9.47 Å². The Bertz CT molecular complexity index is 2800. The van der Waals surface area contributed by atoms with E-state index in [-0.39, 0.29) is 99.9 Å². The van der Waals surface area contributed by atoms with E-state index in [2.05, 4.69) is 115 Å². The molecule has 0 atom stereocenters. The first kappa shape index (κ1) is 64.8. The van der Waals surface area contributed by atoms with E-state index >= 15 is 0 Å². The number of aromatic nitrogens is 6. The molecule has 0 aliphatic heterocycles. The van der Waals surface area contributed by atoms with Crippen LogP contribution in [0.15, 0.2) is 134 Å². The van der Waals surface area contributed by atoms with Crippen molar-refractivity contribution in [2.24, 2.45) is 0 Å². The van der Waals surface area contributed by atoms with Crippen LogP contribution < -0.4 is 19.3 Å². The third-order valence-corrected chi connectivity index (χ3v) is 10.7. The number of anilines is 2. The van der Waals surface area contributed by atoms with E-state index in [1.165, 1.54) is 0 Å². The van der Waals surface area contributed by atoms with Gasteiger partial charge >= 0.3 is 0 Å². The number of nitriles is 2. The number of hydrogen-bond acceptors (Lipinski definition) is 10. The summed E-state index contributed by atoms with van der Waals surface area (Å²) in [5.41, 5.74) is 15.8. The van der Waals surface area contributed by atoms with Gasteiger partial charge in [-0.3, -0.25) is 19.3 Å². The van der Waals surface area contributed by atoms with E-state index in [0.29, 0.717) is 0 Å². The second kappa shape index (κ2) is 29.9. The van der Waals surface area contributed by atoms with E-state index < -0.39 is 0 Å². The SMILES string of the molecule is COc1cc(C)cc(-c2c(-c3ccnc(-c4ccc(N(C)C)cc4)c3)cnn2CC#N)c1.COc1cc(C)cc(-c2c(-c3ccnc(-c4ccc(N(C)C)cc4)c3)cnn2CC#N)c1.Cl.Cl.Cl.Cl.Cl.Cl.Cl. The van der Waals surface area contributed by atoms with Crippen LogP contribution in [0.3, 0.4) is 0 Å². The van der Waals surface area contributed by atoms with Crippen molar-refractivity contribution in [1.82, 2.24) is 29.5 Å². The fourth-order valence-corrected chi connectivity index (χ4v) is 7.55. The number of pyridine rings is 2. The number of methoxy groups -OCH3 is 2. The van der Waals surface area contributed by atoms with Gasteiger partial charge in [0.1, 0.15) is 24.6 Å². The number of hydrogen-bond donors (Lipinski definition) is 0. The lowest BCUT2D eigenvalue weighted by Gasteiger charge is -2.13. The minimum absolute atomic E-state index is 0. The molecule has 376 valence electrons. The number of aryl methyl sites for hydroxylation is 2. The fraction of sp³-hybridized carbons (Fsp3) is 0.192. The highest BCUT2D eigenvalue weighted by Crippen LogP contribution is 2.38. The third kappa shape index (κ3) is 15.4. The first-order valence-corrected chi connectivity index (χ1v) is 20.7. The molecular weight excluding hydrogens is 1040 g/mol. The first-order valence-electron chi connectivity index (χ1n) is 20.7. The summed E-state index contributed by atoms with van der Waals surface area (Å²) in [6, 6.07) is 41.2. The summed E-state index contributed by atoms with van der Waals surface area (Å²) in [4.78, 5) is 13.3. The summed E-state index contributed by atoms with van der Waals surface area (Å²) in [7, 11) is 11.4. The molecule has 0 fully saturated rings. The molecule has 0 amide bonds. The van der Waals surface area contributed by atoms with Gasteiger partial charge in [-0.25, -0.2) is 0 Å². The van der Waals surface area contributed by atoms with Crippen molar-refractivity contribution in [1.29, 1.82) is 10.5 Å². The number of nitrogens with zero attached hydrogens (tertiary/aromatic N) is 10. The average molecular weight is 1100 g/mol. The van der Waals surface area contributed by atoms with Gasteiger partial charge in [0.05, 0.1) is 61.5 Å². The lowest BCUT2D eigenvalue weighted by Crippen LogP contribution is -2.07.